The predicted molar refractivity (Wildman–Crippen MR) is 104 cm³/mol. The number of carbonyl (C=O) groups is 2. The lowest BCUT2D eigenvalue weighted by atomic mass is 9.64. The Bertz CT molecular complexity index is 680. The van der Waals surface area contributed by atoms with Crippen molar-refractivity contribution in [2.75, 3.05) is 46.9 Å². The van der Waals surface area contributed by atoms with E-state index in [1.165, 1.54) is 19.1 Å². The topological polar surface area (TPSA) is 76.6 Å². The molecule has 30 heavy (non-hydrogen) atoms. The van der Waals surface area contributed by atoms with Crippen molar-refractivity contribution in [2.45, 2.75) is 62.6 Å². The minimum Gasteiger partial charge on any atom is -0.465 e. The van der Waals surface area contributed by atoms with Crippen LogP contribution in [0, 0.1) is 5.41 Å². The van der Waals surface area contributed by atoms with Gasteiger partial charge >= 0.3 is 6.09 Å². The molecular weight excluding hydrogens is 398 g/mol. The molecular formula is C20H32F2N4O4. The summed E-state index contributed by atoms with van der Waals surface area (Å²) in [5.41, 5.74) is 0.138. The number of likely N-dealkylation sites (N-methyl/N-ethyl adjacent to an activating group) is 1. The number of hydrogen-bond donors (Lipinski definition) is 1. The van der Waals surface area contributed by atoms with Crippen molar-refractivity contribution in [3.05, 3.63) is 0 Å². The van der Waals surface area contributed by atoms with Crippen LogP contribution < -0.4 is 0 Å². The van der Waals surface area contributed by atoms with Crippen LogP contribution in [0.25, 0.3) is 0 Å². The number of rotatable bonds is 4. The highest BCUT2D eigenvalue weighted by Crippen LogP contribution is 2.50. The summed E-state index contributed by atoms with van der Waals surface area (Å²) in [6.45, 7) is 2.55. The van der Waals surface area contributed by atoms with Gasteiger partial charge in [0.2, 0.25) is 0 Å². The lowest BCUT2D eigenvalue weighted by molar-refractivity contribution is -0.174. The molecule has 4 fully saturated rings. The van der Waals surface area contributed by atoms with Crippen molar-refractivity contribution >= 4 is 12.0 Å². The SMILES string of the molecule is CON(C)C(=O)[C@H]1CC(F)(F)CN1C1CCN(C2CC3(CCN(C(=O)O)C3)C2)CC1. The molecule has 3 saturated heterocycles. The second-order valence-corrected chi connectivity index (χ2v) is 9.55. The summed E-state index contributed by atoms with van der Waals surface area (Å²) < 4.78 is 28.3. The molecule has 1 N–H and O–H groups in total. The standard InChI is InChI=1S/C20H32F2N4O4/c1-23(30-2)17(27)16-11-20(21,22)13-26(16)14-3-6-24(7-4-14)15-9-19(10-15)5-8-25(12-19)18(28)29/h14-16H,3-13H2,1-2H3,(H,28,29)/t15?,16-,19?/m1/s1. The number of alkyl halides is 2. The maximum atomic E-state index is 14.1. The number of nitrogens with zero attached hydrogens (tertiary/aromatic N) is 4. The zero-order valence-electron chi connectivity index (χ0n) is 17.7. The van der Waals surface area contributed by atoms with Gasteiger partial charge in [-0.2, -0.15) is 0 Å². The number of carboxylic acid groups (broad SMARTS) is 1. The Hall–Kier alpha value is -1.52. The Balaban J connectivity index is 1.30. The summed E-state index contributed by atoms with van der Waals surface area (Å²) >= 11 is 0. The Morgan fingerprint density at radius 1 is 1.07 bits per heavy atom. The Morgan fingerprint density at radius 2 is 1.73 bits per heavy atom. The van der Waals surface area contributed by atoms with Gasteiger partial charge in [-0.3, -0.25) is 14.5 Å². The fourth-order valence-electron chi connectivity index (χ4n) is 5.97. The van der Waals surface area contributed by atoms with Gasteiger partial charge in [0.25, 0.3) is 11.8 Å². The van der Waals surface area contributed by atoms with Crippen LogP contribution in [0.3, 0.4) is 0 Å². The number of amides is 2. The molecule has 0 aromatic carbocycles. The van der Waals surface area contributed by atoms with E-state index in [1.807, 2.05) is 0 Å². The average molecular weight is 430 g/mol. The Morgan fingerprint density at radius 3 is 2.30 bits per heavy atom. The summed E-state index contributed by atoms with van der Waals surface area (Å²) in [4.78, 5) is 34.3. The maximum Gasteiger partial charge on any atom is 0.407 e. The molecule has 10 heteroatoms. The summed E-state index contributed by atoms with van der Waals surface area (Å²) in [7, 11) is 2.82. The van der Waals surface area contributed by atoms with Crippen LogP contribution >= 0.6 is 0 Å². The van der Waals surface area contributed by atoms with E-state index in [1.54, 1.807) is 4.90 Å². The lowest BCUT2D eigenvalue weighted by Crippen LogP contribution is -2.57. The van der Waals surface area contributed by atoms with E-state index in [0.717, 1.165) is 50.3 Å². The molecule has 4 aliphatic rings. The van der Waals surface area contributed by atoms with E-state index >= 15 is 0 Å². The number of piperidine rings is 1. The van der Waals surface area contributed by atoms with Gasteiger partial charge in [0.15, 0.2) is 0 Å². The normalized spacial score (nSPS) is 35.0. The lowest BCUT2D eigenvalue weighted by Gasteiger charge is -2.52. The molecule has 1 aliphatic carbocycles. The molecule has 3 heterocycles. The molecule has 2 amide bonds. The van der Waals surface area contributed by atoms with Gasteiger partial charge in [0.1, 0.15) is 0 Å². The second kappa shape index (κ2) is 7.87. The molecule has 3 aliphatic heterocycles. The minimum absolute atomic E-state index is 0.0307. The van der Waals surface area contributed by atoms with Crippen LogP contribution in [-0.2, 0) is 9.63 Å². The van der Waals surface area contributed by atoms with E-state index < -0.39 is 30.4 Å². The first-order valence-corrected chi connectivity index (χ1v) is 10.8. The molecule has 1 atom stereocenters. The minimum atomic E-state index is -2.86. The summed E-state index contributed by atoms with van der Waals surface area (Å²) in [5, 5.41) is 10.2. The summed E-state index contributed by atoms with van der Waals surface area (Å²) in [6.07, 6.45) is 3.22. The van der Waals surface area contributed by atoms with Gasteiger partial charge in [0.05, 0.1) is 19.7 Å². The molecule has 8 nitrogen and oxygen atoms in total. The fraction of sp³-hybridized carbons (Fsp3) is 0.900. The molecule has 4 rings (SSSR count). The zero-order chi connectivity index (χ0) is 21.7. The molecule has 1 spiro atoms. The van der Waals surface area contributed by atoms with E-state index in [9.17, 15) is 23.5 Å². The van der Waals surface area contributed by atoms with Crippen LogP contribution in [0.15, 0.2) is 0 Å². The van der Waals surface area contributed by atoms with E-state index in [2.05, 4.69) is 4.90 Å². The monoisotopic (exact) mass is 430 g/mol. The average Bonchev–Trinajstić information content (AvgIpc) is 3.27. The fourth-order valence-corrected chi connectivity index (χ4v) is 5.97. The van der Waals surface area contributed by atoms with Crippen LogP contribution in [0.4, 0.5) is 13.6 Å². The van der Waals surface area contributed by atoms with Crippen LogP contribution in [0.2, 0.25) is 0 Å². The Kier molecular flexibility index (Phi) is 5.69. The molecule has 0 bridgehead atoms. The molecule has 1 saturated carbocycles. The summed E-state index contributed by atoms with van der Waals surface area (Å²) in [6, 6.07) is -0.414. The maximum absolute atomic E-state index is 14.1. The van der Waals surface area contributed by atoms with Crippen LogP contribution in [0.5, 0.6) is 0 Å². The van der Waals surface area contributed by atoms with Crippen molar-refractivity contribution in [3.63, 3.8) is 0 Å². The molecule has 0 unspecified atom stereocenters. The van der Waals surface area contributed by atoms with Gasteiger partial charge in [-0.15, -0.1) is 0 Å². The van der Waals surface area contributed by atoms with Gasteiger partial charge in [-0.1, -0.05) is 0 Å². The number of carbonyl (C=O) groups excluding carboxylic acids is 1. The number of hydroxylamine groups is 2. The molecule has 170 valence electrons. The van der Waals surface area contributed by atoms with Gasteiger partial charge in [-0.25, -0.2) is 18.6 Å². The number of hydrogen-bond acceptors (Lipinski definition) is 5. The van der Waals surface area contributed by atoms with Crippen molar-refractivity contribution < 1.29 is 28.3 Å². The zero-order valence-corrected chi connectivity index (χ0v) is 17.7. The first-order valence-electron chi connectivity index (χ1n) is 10.8. The van der Waals surface area contributed by atoms with Crippen LogP contribution in [0.1, 0.15) is 38.5 Å². The number of likely N-dealkylation sites (tertiary alicyclic amines) is 3. The third-order valence-corrected chi connectivity index (χ3v) is 7.71. The number of halogens is 2. The van der Waals surface area contributed by atoms with E-state index in [4.69, 9.17) is 4.84 Å². The summed E-state index contributed by atoms with van der Waals surface area (Å²) in [5.74, 6) is -3.27. The predicted octanol–water partition coefficient (Wildman–Crippen LogP) is 1.71. The second-order valence-electron chi connectivity index (χ2n) is 9.55. The highest BCUT2D eigenvalue weighted by atomic mass is 19.3. The van der Waals surface area contributed by atoms with Crippen molar-refractivity contribution in [1.29, 1.82) is 0 Å². The van der Waals surface area contributed by atoms with E-state index in [-0.39, 0.29) is 18.0 Å². The van der Waals surface area contributed by atoms with E-state index in [0.29, 0.717) is 19.1 Å². The quantitative estimate of drug-likeness (QED) is 0.685. The van der Waals surface area contributed by atoms with Crippen molar-refractivity contribution in [3.8, 4) is 0 Å². The van der Waals surface area contributed by atoms with Gasteiger partial charge in [0, 0.05) is 38.6 Å². The smallest absolute Gasteiger partial charge is 0.407 e. The largest absolute Gasteiger partial charge is 0.465 e. The molecule has 0 aromatic heterocycles. The van der Waals surface area contributed by atoms with Crippen molar-refractivity contribution in [2.24, 2.45) is 5.41 Å². The first kappa shape index (κ1) is 21.7. The molecule has 0 aromatic rings. The van der Waals surface area contributed by atoms with Gasteiger partial charge in [-0.05, 0) is 50.6 Å². The van der Waals surface area contributed by atoms with Crippen LogP contribution in [-0.4, -0.2) is 108 Å². The van der Waals surface area contributed by atoms with Gasteiger partial charge < -0.3 is 14.9 Å². The first-order chi connectivity index (χ1) is 14.1. The third-order valence-electron chi connectivity index (χ3n) is 7.71. The third kappa shape index (κ3) is 4.01. The Labute approximate surface area is 175 Å². The highest BCUT2D eigenvalue weighted by molar-refractivity contribution is 5.81. The highest BCUT2D eigenvalue weighted by Gasteiger charge is 2.53. The van der Waals surface area contributed by atoms with Crippen molar-refractivity contribution in [1.82, 2.24) is 19.8 Å². The molecule has 0 radical (unpaired) electrons.